The fourth-order valence-electron chi connectivity index (χ4n) is 11.3. The molecule has 0 aromatic carbocycles. The maximum absolute atomic E-state index is 13.6. The van der Waals surface area contributed by atoms with Crippen LogP contribution in [0, 0.1) is 68.0 Å². The molecule has 7 nitrogen and oxygen atoms in total. The number of allylic oxidation sites excluding steroid dienone is 1. The van der Waals surface area contributed by atoms with Crippen molar-refractivity contribution >= 4 is 11.9 Å². The summed E-state index contributed by atoms with van der Waals surface area (Å²) >= 11 is 0. The molecule has 4 rings (SSSR count). The molecule has 1 amide bonds. The van der Waals surface area contributed by atoms with E-state index in [0.717, 1.165) is 51.4 Å². The van der Waals surface area contributed by atoms with E-state index in [9.17, 15) is 25.1 Å². The molecule has 4 fully saturated rings. The topological polar surface area (TPSA) is 120 Å². The number of carbonyl (C=O) groups is 2. The molecule has 4 saturated carbocycles. The van der Waals surface area contributed by atoms with Crippen LogP contribution in [0.5, 0.6) is 0 Å². The van der Waals surface area contributed by atoms with Crippen LogP contribution in [0.3, 0.4) is 0 Å². The van der Waals surface area contributed by atoms with Crippen molar-refractivity contribution in [3.8, 4) is 6.07 Å². The zero-order chi connectivity index (χ0) is 30.6. The summed E-state index contributed by atoms with van der Waals surface area (Å²) in [5.74, 6) is 0.903. The van der Waals surface area contributed by atoms with Crippen LogP contribution in [0.25, 0.3) is 0 Å². The lowest BCUT2D eigenvalue weighted by Gasteiger charge is -2.71. The van der Waals surface area contributed by atoms with Crippen LogP contribution < -0.4 is 5.32 Å². The predicted molar refractivity (Wildman–Crippen MR) is 158 cm³/mol. The molecule has 4 aliphatic carbocycles. The molecule has 0 aromatic heterocycles. The second-order valence-corrected chi connectivity index (χ2v) is 15.4. The van der Waals surface area contributed by atoms with Crippen molar-refractivity contribution in [2.24, 2.45) is 56.7 Å². The largest absolute Gasteiger partial charge is 0.469 e. The van der Waals surface area contributed by atoms with Crippen molar-refractivity contribution in [1.82, 2.24) is 5.32 Å². The van der Waals surface area contributed by atoms with Gasteiger partial charge in [0.2, 0.25) is 5.91 Å². The van der Waals surface area contributed by atoms with E-state index in [0.29, 0.717) is 18.3 Å². The summed E-state index contributed by atoms with van der Waals surface area (Å²) in [6.45, 7) is 16.9. The number of nitriles is 1. The van der Waals surface area contributed by atoms with Gasteiger partial charge < -0.3 is 20.3 Å². The van der Waals surface area contributed by atoms with Gasteiger partial charge in [-0.3, -0.25) is 9.59 Å². The Labute approximate surface area is 247 Å². The van der Waals surface area contributed by atoms with Gasteiger partial charge in [0.15, 0.2) is 0 Å². The number of ether oxygens (including phenoxy) is 1. The molecule has 0 bridgehead atoms. The Morgan fingerprint density at radius 2 is 1.71 bits per heavy atom. The molecule has 0 spiro atoms. The lowest BCUT2D eigenvalue weighted by molar-refractivity contribution is -0.229. The number of aliphatic hydroxyl groups is 2. The first-order chi connectivity index (χ1) is 19.1. The number of hydrogen-bond donors (Lipinski definition) is 3. The van der Waals surface area contributed by atoms with Gasteiger partial charge in [-0.25, -0.2) is 0 Å². The van der Waals surface area contributed by atoms with Crippen LogP contribution in [0.4, 0.5) is 0 Å². The summed E-state index contributed by atoms with van der Waals surface area (Å²) in [5, 5.41) is 32.2. The minimum atomic E-state index is -0.781. The third kappa shape index (κ3) is 4.49. The zero-order valence-electron chi connectivity index (χ0n) is 26.5. The normalized spacial score (nSPS) is 41.9. The highest BCUT2D eigenvalue weighted by atomic mass is 16.5. The summed E-state index contributed by atoms with van der Waals surface area (Å²) in [4.78, 5) is 27.0. The van der Waals surface area contributed by atoms with Crippen molar-refractivity contribution in [2.75, 3.05) is 20.3 Å². The second kappa shape index (κ2) is 11.0. The minimum absolute atomic E-state index is 0.0108. The van der Waals surface area contributed by atoms with Gasteiger partial charge in [0.05, 0.1) is 37.8 Å². The van der Waals surface area contributed by atoms with E-state index >= 15 is 0 Å². The number of carbonyl (C=O) groups excluding carboxylic acids is 2. The number of amides is 1. The smallest absolute Gasteiger partial charge is 0.312 e. The van der Waals surface area contributed by atoms with Gasteiger partial charge in [-0.05, 0) is 104 Å². The molecule has 0 aliphatic heterocycles. The SMILES string of the molecule is C=C(C)[C@@H]1CCC2(C(=O)OC)CC[C@]3(C)C(CCC4[C@@](C)(CC#N)C(C(C)(C)C(=O)NC(CO)CO)CC[C@]43C)C12. The maximum Gasteiger partial charge on any atom is 0.312 e. The molecule has 5 unspecified atom stereocenters. The maximum atomic E-state index is 13.6. The fraction of sp³-hybridized carbons (Fsp3) is 0.853. The summed E-state index contributed by atoms with van der Waals surface area (Å²) in [6, 6.07) is 1.82. The number of hydrogen-bond acceptors (Lipinski definition) is 6. The van der Waals surface area contributed by atoms with E-state index in [1.54, 1.807) is 0 Å². The van der Waals surface area contributed by atoms with E-state index in [-0.39, 0.29) is 59.1 Å². The van der Waals surface area contributed by atoms with E-state index in [1.165, 1.54) is 12.7 Å². The van der Waals surface area contributed by atoms with Crippen molar-refractivity contribution in [1.29, 1.82) is 5.26 Å². The summed E-state index contributed by atoms with van der Waals surface area (Å²) in [6.07, 6.45) is 7.79. The zero-order valence-corrected chi connectivity index (χ0v) is 26.5. The Kier molecular flexibility index (Phi) is 8.57. The van der Waals surface area contributed by atoms with Gasteiger partial charge in [0, 0.05) is 11.8 Å². The Balaban J connectivity index is 1.74. The van der Waals surface area contributed by atoms with Crippen molar-refractivity contribution in [2.45, 2.75) is 105 Å². The lowest BCUT2D eigenvalue weighted by Crippen LogP contribution is -2.66. The fourth-order valence-corrected chi connectivity index (χ4v) is 11.3. The number of aliphatic hydroxyl groups excluding tert-OH is 2. The van der Waals surface area contributed by atoms with E-state index in [2.05, 4.69) is 45.7 Å². The predicted octanol–water partition coefficient (Wildman–Crippen LogP) is 5.41. The number of methoxy groups -OCH3 is 1. The Morgan fingerprint density at radius 3 is 2.27 bits per heavy atom. The number of nitrogens with one attached hydrogen (secondary N) is 1. The first kappa shape index (κ1) is 32.0. The third-order valence-electron chi connectivity index (χ3n) is 13.6. The summed E-state index contributed by atoms with van der Waals surface area (Å²) in [7, 11) is 1.53. The number of nitrogens with zero attached hydrogens (tertiary/aromatic N) is 1. The Bertz CT molecular complexity index is 1090. The van der Waals surface area contributed by atoms with Crippen LogP contribution in [-0.2, 0) is 14.3 Å². The van der Waals surface area contributed by atoms with E-state index in [4.69, 9.17) is 4.74 Å². The molecule has 3 N–H and O–H groups in total. The van der Waals surface area contributed by atoms with Gasteiger partial charge >= 0.3 is 5.97 Å². The second-order valence-electron chi connectivity index (χ2n) is 15.4. The average Bonchev–Trinajstić information content (AvgIpc) is 3.32. The number of fused-ring (bicyclic) bond motifs is 5. The highest BCUT2D eigenvalue weighted by Crippen LogP contribution is 2.76. The molecule has 9 atom stereocenters. The molecular weight excluding hydrogens is 516 g/mol. The first-order valence-corrected chi connectivity index (χ1v) is 15.8. The van der Waals surface area contributed by atoms with Crippen LogP contribution >= 0.6 is 0 Å². The van der Waals surface area contributed by atoms with Crippen molar-refractivity contribution < 1.29 is 24.5 Å². The monoisotopic (exact) mass is 570 g/mol. The van der Waals surface area contributed by atoms with Gasteiger partial charge in [-0.15, -0.1) is 0 Å². The summed E-state index contributed by atoms with van der Waals surface area (Å²) < 4.78 is 5.48. The van der Waals surface area contributed by atoms with Gasteiger partial charge in [-0.2, -0.15) is 5.26 Å². The minimum Gasteiger partial charge on any atom is -0.469 e. The van der Waals surface area contributed by atoms with Crippen LogP contribution in [0.1, 0.15) is 99.3 Å². The lowest BCUT2D eigenvalue weighted by atomic mass is 9.33. The first-order valence-electron chi connectivity index (χ1n) is 15.8. The molecule has 0 radical (unpaired) electrons. The molecule has 41 heavy (non-hydrogen) atoms. The Hall–Kier alpha value is -1.91. The number of esters is 1. The van der Waals surface area contributed by atoms with Gasteiger partial charge in [0.1, 0.15) is 0 Å². The molecule has 7 heteroatoms. The van der Waals surface area contributed by atoms with Crippen LogP contribution in [0.2, 0.25) is 0 Å². The third-order valence-corrected chi connectivity index (χ3v) is 13.6. The molecular formula is C34H54N2O5. The summed E-state index contributed by atoms with van der Waals surface area (Å²) in [5.41, 5.74) is -0.486. The highest BCUT2D eigenvalue weighted by molar-refractivity contribution is 5.82. The molecule has 0 heterocycles. The molecule has 0 saturated heterocycles. The average molecular weight is 571 g/mol. The molecule has 0 aromatic rings. The molecule has 230 valence electrons. The van der Waals surface area contributed by atoms with Crippen LogP contribution in [0.15, 0.2) is 12.2 Å². The van der Waals surface area contributed by atoms with Crippen LogP contribution in [-0.4, -0.2) is 48.5 Å². The van der Waals surface area contributed by atoms with E-state index < -0.39 is 16.9 Å². The highest BCUT2D eigenvalue weighted by Gasteiger charge is 2.71. The van der Waals surface area contributed by atoms with Gasteiger partial charge in [0.25, 0.3) is 0 Å². The van der Waals surface area contributed by atoms with Gasteiger partial charge in [-0.1, -0.05) is 46.8 Å². The quantitative estimate of drug-likeness (QED) is 0.265. The van der Waals surface area contributed by atoms with Crippen molar-refractivity contribution in [3.63, 3.8) is 0 Å². The Morgan fingerprint density at radius 1 is 1.05 bits per heavy atom. The molecule has 4 aliphatic rings. The number of rotatable bonds is 8. The standard InChI is InChI=1S/C34H54N2O5/c1-21(2)23-11-14-34(29(40)41-8)16-15-32(6)24(27(23)34)9-10-26-31(5,17-18-35)25(12-13-33(26,32)7)30(3,4)28(39)36-22(19-37)20-38/h22-27,37-38H,1,9-17,19-20H2,2-8H3,(H,36,39)/t23-,24?,25?,26?,27?,31-,32+,33+,34?/m0/s1. The van der Waals surface area contributed by atoms with Crippen molar-refractivity contribution in [3.05, 3.63) is 12.2 Å². The van der Waals surface area contributed by atoms with E-state index in [1.807, 2.05) is 13.8 Å².